The molecule has 2 aromatic rings. The monoisotopic (exact) mass is 448 g/mol. The van der Waals surface area contributed by atoms with E-state index in [9.17, 15) is 31.1 Å². The maximum Gasteiger partial charge on any atom is 0.399 e. The summed E-state index contributed by atoms with van der Waals surface area (Å²) >= 11 is 6.00. The van der Waals surface area contributed by atoms with E-state index < -0.39 is 40.8 Å². The fourth-order valence-corrected chi connectivity index (χ4v) is 3.25. The molecule has 2 aromatic carbocycles. The first-order valence-electron chi connectivity index (χ1n) is 8.87. The second-order valence-corrected chi connectivity index (χ2v) is 7.59. The summed E-state index contributed by atoms with van der Waals surface area (Å²) in [5.74, 6) is -7.79. The SMILES string of the molecule is CC(=O)c1ccc(/C(F)=C/C(c2cc(C)c(Cl)c(C)c2)C(F)(F)F)cc1C(C)(F)F. The predicted octanol–water partition coefficient (Wildman–Crippen LogP) is 7.93. The van der Waals surface area contributed by atoms with Crippen molar-refractivity contribution in [2.75, 3.05) is 0 Å². The van der Waals surface area contributed by atoms with E-state index in [0.29, 0.717) is 35.2 Å². The number of allylic oxidation sites excluding steroid dienone is 1. The zero-order chi connectivity index (χ0) is 23.0. The Kier molecular flexibility index (Phi) is 6.76. The van der Waals surface area contributed by atoms with Crippen LogP contribution in [0.5, 0.6) is 0 Å². The van der Waals surface area contributed by atoms with Gasteiger partial charge in [0.05, 0.1) is 0 Å². The number of Topliss-reactive ketones (excluding diaryl/α,β-unsaturated/α-hetero) is 1. The lowest BCUT2D eigenvalue weighted by molar-refractivity contribution is -0.139. The average Bonchev–Trinajstić information content (AvgIpc) is 2.61. The minimum atomic E-state index is -4.83. The number of ketones is 1. The van der Waals surface area contributed by atoms with Gasteiger partial charge in [-0.25, -0.2) is 13.2 Å². The minimum Gasteiger partial charge on any atom is -0.294 e. The fraction of sp³-hybridized carbons (Fsp3) is 0.318. The third-order valence-electron chi connectivity index (χ3n) is 4.63. The van der Waals surface area contributed by atoms with Gasteiger partial charge in [0.2, 0.25) is 0 Å². The van der Waals surface area contributed by atoms with Gasteiger partial charge in [0.25, 0.3) is 5.92 Å². The summed E-state index contributed by atoms with van der Waals surface area (Å²) in [4.78, 5) is 11.6. The molecule has 1 nitrogen and oxygen atoms in total. The Balaban J connectivity index is 2.62. The second-order valence-electron chi connectivity index (χ2n) is 7.21. The van der Waals surface area contributed by atoms with Crippen molar-refractivity contribution >= 4 is 23.2 Å². The van der Waals surface area contributed by atoms with E-state index in [4.69, 9.17) is 11.6 Å². The molecule has 0 aliphatic rings. The molecule has 0 bridgehead atoms. The van der Waals surface area contributed by atoms with E-state index in [1.165, 1.54) is 26.0 Å². The summed E-state index contributed by atoms with van der Waals surface area (Å²) in [5, 5.41) is 0.304. The molecule has 0 amide bonds. The third kappa shape index (κ3) is 5.25. The van der Waals surface area contributed by atoms with Crippen molar-refractivity contribution < 1.29 is 31.1 Å². The highest BCUT2D eigenvalue weighted by Crippen LogP contribution is 2.40. The summed E-state index contributed by atoms with van der Waals surface area (Å²) in [7, 11) is 0. The Morgan fingerprint density at radius 3 is 2.00 bits per heavy atom. The number of benzene rings is 2. The first-order chi connectivity index (χ1) is 13.6. The van der Waals surface area contributed by atoms with Crippen molar-refractivity contribution in [3.8, 4) is 0 Å². The van der Waals surface area contributed by atoms with E-state index in [2.05, 4.69) is 0 Å². The highest BCUT2D eigenvalue weighted by molar-refractivity contribution is 6.32. The van der Waals surface area contributed by atoms with Gasteiger partial charge in [0, 0.05) is 28.6 Å². The zero-order valence-electron chi connectivity index (χ0n) is 16.6. The van der Waals surface area contributed by atoms with Crippen LogP contribution >= 0.6 is 11.6 Å². The van der Waals surface area contributed by atoms with Crippen LogP contribution in [0, 0.1) is 13.8 Å². The van der Waals surface area contributed by atoms with Crippen LogP contribution in [0.25, 0.3) is 5.83 Å². The number of aryl methyl sites for hydroxylation is 2. The normalized spacial score (nSPS) is 14.0. The summed E-state index contributed by atoms with van der Waals surface area (Å²) < 4.78 is 83.6. The van der Waals surface area contributed by atoms with Gasteiger partial charge in [0.1, 0.15) is 11.7 Å². The largest absolute Gasteiger partial charge is 0.399 e. The van der Waals surface area contributed by atoms with Gasteiger partial charge >= 0.3 is 6.18 Å². The van der Waals surface area contributed by atoms with Crippen molar-refractivity contribution in [3.05, 3.63) is 74.8 Å². The standard InChI is InChI=1S/C22H19ClF6O/c1-11-7-15(8-12(2)20(11)23)17(22(27,28)29)10-19(24)14-5-6-16(13(3)30)18(9-14)21(4,25)26/h5-10,17H,1-4H3/b19-10-. The molecule has 8 heteroatoms. The van der Waals surface area contributed by atoms with Gasteiger partial charge in [-0.3, -0.25) is 4.79 Å². The molecule has 0 aromatic heterocycles. The summed E-state index contributed by atoms with van der Waals surface area (Å²) in [5.41, 5.74) is -0.985. The van der Waals surface area contributed by atoms with E-state index in [-0.39, 0.29) is 11.1 Å². The van der Waals surface area contributed by atoms with Crippen LogP contribution in [0.2, 0.25) is 5.02 Å². The molecule has 1 unspecified atom stereocenters. The van der Waals surface area contributed by atoms with Crippen LogP contribution < -0.4 is 0 Å². The third-order valence-corrected chi connectivity index (χ3v) is 5.23. The minimum absolute atomic E-state index is 0.224. The molecule has 2 rings (SSSR count). The molecule has 0 saturated heterocycles. The number of carbonyl (C=O) groups excluding carboxylic acids is 1. The van der Waals surface area contributed by atoms with Crippen molar-refractivity contribution in [2.24, 2.45) is 0 Å². The summed E-state index contributed by atoms with van der Waals surface area (Å²) in [6, 6.07) is 5.11. The first kappa shape index (κ1) is 24.0. The first-order valence-corrected chi connectivity index (χ1v) is 9.25. The van der Waals surface area contributed by atoms with Crippen molar-refractivity contribution in [1.82, 2.24) is 0 Å². The number of rotatable bonds is 5. The van der Waals surface area contributed by atoms with Crippen LogP contribution in [0.15, 0.2) is 36.4 Å². The highest BCUT2D eigenvalue weighted by Gasteiger charge is 2.40. The van der Waals surface area contributed by atoms with Crippen molar-refractivity contribution in [3.63, 3.8) is 0 Å². The average molecular weight is 449 g/mol. The van der Waals surface area contributed by atoms with Crippen LogP contribution in [0.4, 0.5) is 26.3 Å². The van der Waals surface area contributed by atoms with Crippen LogP contribution in [-0.4, -0.2) is 12.0 Å². The van der Waals surface area contributed by atoms with Crippen LogP contribution in [0.3, 0.4) is 0 Å². The maximum atomic E-state index is 14.8. The molecule has 0 spiro atoms. The molecule has 0 heterocycles. The molecule has 0 fully saturated rings. The van der Waals surface area contributed by atoms with Gasteiger partial charge in [-0.05, 0) is 49.6 Å². The van der Waals surface area contributed by atoms with Crippen LogP contribution in [0.1, 0.15) is 57.9 Å². The van der Waals surface area contributed by atoms with E-state index in [1.807, 2.05) is 0 Å². The molecule has 0 saturated carbocycles. The number of hydrogen-bond donors (Lipinski definition) is 0. The molecule has 0 aliphatic heterocycles. The van der Waals surface area contributed by atoms with Gasteiger partial charge in [-0.15, -0.1) is 0 Å². The lowest BCUT2D eigenvalue weighted by atomic mass is 9.92. The topological polar surface area (TPSA) is 17.1 Å². The molecule has 0 radical (unpaired) electrons. The molecule has 162 valence electrons. The Morgan fingerprint density at radius 2 is 1.57 bits per heavy atom. The maximum absolute atomic E-state index is 14.8. The lowest BCUT2D eigenvalue weighted by Crippen LogP contribution is -2.19. The molecule has 0 N–H and O–H groups in total. The van der Waals surface area contributed by atoms with E-state index in [1.54, 1.807) is 0 Å². The van der Waals surface area contributed by atoms with Crippen LogP contribution in [-0.2, 0) is 5.92 Å². The quantitative estimate of drug-likeness (QED) is 0.335. The number of carbonyl (C=O) groups is 1. The van der Waals surface area contributed by atoms with Gasteiger partial charge in [-0.2, -0.15) is 13.2 Å². The zero-order valence-corrected chi connectivity index (χ0v) is 17.4. The molecule has 30 heavy (non-hydrogen) atoms. The Bertz CT molecular complexity index is 979. The fourth-order valence-electron chi connectivity index (χ4n) is 3.14. The Morgan fingerprint density at radius 1 is 1.03 bits per heavy atom. The summed E-state index contributed by atoms with van der Waals surface area (Å²) in [6.07, 6.45) is -4.50. The molecular weight excluding hydrogens is 430 g/mol. The Hall–Kier alpha value is -2.28. The number of alkyl halides is 5. The predicted molar refractivity (Wildman–Crippen MR) is 105 cm³/mol. The smallest absolute Gasteiger partial charge is 0.294 e. The number of halogens is 7. The van der Waals surface area contributed by atoms with Crippen molar-refractivity contribution in [2.45, 2.75) is 45.7 Å². The Labute approximate surface area is 175 Å². The van der Waals surface area contributed by atoms with Gasteiger partial charge in [-0.1, -0.05) is 35.9 Å². The van der Waals surface area contributed by atoms with Crippen molar-refractivity contribution in [1.29, 1.82) is 0 Å². The van der Waals surface area contributed by atoms with Gasteiger partial charge in [0.15, 0.2) is 5.78 Å². The van der Waals surface area contributed by atoms with Gasteiger partial charge < -0.3 is 0 Å². The highest BCUT2D eigenvalue weighted by atomic mass is 35.5. The molecule has 1 atom stereocenters. The lowest BCUT2D eigenvalue weighted by Gasteiger charge is -2.20. The summed E-state index contributed by atoms with van der Waals surface area (Å²) in [6.45, 7) is 4.66. The molecule has 0 aliphatic carbocycles. The second kappa shape index (κ2) is 8.46. The van der Waals surface area contributed by atoms with E-state index >= 15 is 0 Å². The number of hydrogen-bond acceptors (Lipinski definition) is 1. The molecular formula is C22H19ClF6O. The van der Waals surface area contributed by atoms with E-state index in [0.717, 1.165) is 19.1 Å².